The fraction of sp³-hybridized carbons (Fsp3) is 0.211. The molecular weight excluding hydrogens is 318 g/mol. The van der Waals surface area contributed by atoms with Crippen molar-refractivity contribution in [1.29, 1.82) is 5.26 Å². The maximum absolute atomic E-state index is 12.0. The van der Waals surface area contributed by atoms with Crippen molar-refractivity contribution in [3.63, 3.8) is 0 Å². The fourth-order valence-corrected chi connectivity index (χ4v) is 2.15. The number of anilines is 2. The number of carbonyl (C=O) groups excluding carboxylic acids is 2. The van der Waals surface area contributed by atoms with E-state index >= 15 is 0 Å². The normalized spacial score (nSPS) is 9.76. The number of rotatable bonds is 7. The predicted octanol–water partition coefficient (Wildman–Crippen LogP) is 3.18. The second-order valence-corrected chi connectivity index (χ2v) is 5.22. The van der Waals surface area contributed by atoms with E-state index in [-0.39, 0.29) is 18.3 Å². The van der Waals surface area contributed by atoms with Gasteiger partial charge in [-0.2, -0.15) is 5.26 Å². The largest absolute Gasteiger partial charge is 0.462 e. The number of nitrogens with one attached hydrogen (secondary N) is 2. The molecule has 0 aromatic heterocycles. The summed E-state index contributed by atoms with van der Waals surface area (Å²) in [5.41, 5.74) is 2.42. The molecule has 0 atom stereocenters. The van der Waals surface area contributed by atoms with Crippen molar-refractivity contribution in [2.24, 2.45) is 0 Å². The highest BCUT2D eigenvalue weighted by Crippen LogP contribution is 2.12. The standard InChI is InChI=1S/C19H19N3O3/c1-2-25-19(24)15-6-8-16(9-7-15)22-18(23)10-11-21-17-5-3-4-14(12-17)13-20/h3-9,12,21H,2,10-11H2,1H3,(H,22,23). The first-order chi connectivity index (χ1) is 12.1. The molecule has 0 fully saturated rings. The molecule has 2 aromatic rings. The van der Waals surface area contributed by atoms with Gasteiger partial charge in [0.2, 0.25) is 5.91 Å². The van der Waals surface area contributed by atoms with E-state index in [1.54, 1.807) is 49.4 Å². The van der Waals surface area contributed by atoms with Gasteiger partial charge in [-0.3, -0.25) is 4.79 Å². The number of nitrogens with zero attached hydrogens (tertiary/aromatic N) is 1. The van der Waals surface area contributed by atoms with E-state index in [1.807, 2.05) is 6.07 Å². The first-order valence-electron chi connectivity index (χ1n) is 7.93. The smallest absolute Gasteiger partial charge is 0.338 e. The van der Waals surface area contributed by atoms with Gasteiger partial charge < -0.3 is 15.4 Å². The van der Waals surface area contributed by atoms with Crippen molar-refractivity contribution < 1.29 is 14.3 Å². The van der Waals surface area contributed by atoms with Crippen molar-refractivity contribution in [2.45, 2.75) is 13.3 Å². The molecule has 0 aliphatic rings. The lowest BCUT2D eigenvalue weighted by molar-refractivity contribution is -0.115. The molecule has 1 amide bonds. The number of esters is 1. The number of hydrogen-bond donors (Lipinski definition) is 2. The molecule has 0 bridgehead atoms. The predicted molar refractivity (Wildman–Crippen MR) is 95.3 cm³/mol. The van der Waals surface area contributed by atoms with Crippen LogP contribution in [0.25, 0.3) is 0 Å². The third-order valence-corrected chi connectivity index (χ3v) is 3.35. The highest BCUT2D eigenvalue weighted by atomic mass is 16.5. The zero-order valence-corrected chi connectivity index (χ0v) is 13.9. The Morgan fingerprint density at radius 1 is 1.12 bits per heavy atom. The Kier molecular flexibility index (Phi) is 6.55. The molecule has 0 unspecified atom stereocenters. The van der Waals surface area contributed by atoms with Crippen molar-refractivity contribution in [1.82, 2.24) is 0 Å². The summed E-state index contributed by atoms with van der Waals surface area (Å²) < 4.78 is 4.91. The molecule has 0 aliphatic carbocycles. The van der Waals surface area contributed by atoms with E-state index in [0.29, 0.717) is 30.0 Å². The van der Waals surface area contributed by atoms with Gasteiger partial charge in [0.05, 0.1) is 23.8 Å². The van der Waals surface area contributed by atoms with E-state index < -0.39 is 0 Å². The SMILES string of the molecule is CCOC(=O)c1ccc(NC(=O)CCNc2cccc(C#N)c2)cc1. The lowest BCUT2D eigenvalue weighted by atomic mass is 10.2. The van der Waals surface area contributed by atoms with Gasteiger partial charge in [-0.25, -0.2) is 4.79 Å². The third-order valence-electron chi connectivity index (χ3n) is 3.35. The fourth-order valence-electron chi connectivity index (χ4n) is 2.15. The lowest BCUT2D eigenvalue weighted by Gasteiger charge is -2.08. The van der Waals surface area contributed by atoms with Gasteiger partial charge in [0.25, 0.3) is 0 Å². The quantitative estimate of drug-likeness (QED) is 0.757. The molecule has 0 saturated carbocycles. The maximum Gasteiger partial charge on any atom is 0.338 e. The summed E-state index contributed by atoms with van der Waals surface area (Å²) in [5.74, 6) is -0.531. The van der Waals surface area contributed by atoms with E-state index in [9.17, 15) is 9.59 Å². The van der Waals surface area contributed by atoms with Crippen LogP contribution in [0.5, 0.6) is 0 Å². The van der Waals surface area contributed by atoms with Crippen LogP contribution < -0.4 is 10.6 Å². The summed E-state index contributed by atoms with van der Waals surface area (Å²) in [5, 5.41) is 14.7. The average molecular weight is 337 g/mol. The van der Waals surface area contributed by atoms with Crippen LogP contribution in [-0.4, -0.2) is 25.0 Å². The van der Waals surface area contributed by atoms with Gasteiger partial charge in [-0.15, -0.1) is 0 Å². The zero-order valence-electron chi connectivity index (χ0n) is 13.9. The molecule has 2 aromatic carbocycles. The zero-order chi connectivity index (χ0) is 18.1. The Morgan fingerprint density at radius 3 is 2.56 bits per heavy atom. The molecule has 0 spiro atoms. The van der Waals surface area contributed by atoms with Crippen LogP contribution in [0.3, 0.4) is 0 Å². The van der Waals surface area contributed by atoms with E-state index in [0.717, 1.165) is 5.69 Å². The number of ether oxygens (including phenoxy) is 1. The Morgan fingerprint density at radius 2 is 1.88 bits per heavy atom. The molecule has 2 N–H and O–H groups in total. The summed E-state index contributed by atoms with van der Waals surface area (Å²) in [7, 11) is 0. The van der Waals surface area contributed by atoms with Crippen LogP contribution >= 0.6 is 0 Å². The Hall–Kier alpha value is -3.33. The molecular formula is C19H19N3O3. The number of hydrogen-bond acceptors (Lipinski definition) is 5. The molecule has 6 nitrogen and oxygen atoms in total. The third kappa shape index (κ3) is 5.66. The van der Waals surface area contributed by atoms with Crippen molar-refractivity contribution >= 4 is 23.3 Å². The summed E-state index contributed by atoms with van der Waals surface area (Å²) in [6, 6.07) is 15.7. The van der Waals surface area contributed by atoms with Gasteiger partial charge in [0, 0.05) is 24.3 Å². The van der Waals surface area contributed by atoms with Gasteiger partial charge >= 0.3 is 5.97 Å². The van der Waals surface area contributed by atoms with Crippen LogP contribution in [0.1, 0.15) is 29.3 Å². The highest BCUT2D eigenvalue weighted by Gasteiger charge is 2.07. The minimum atomic E-state index is -0.385. The number of carbonyl (C=O) groups is 2. The number of amides is 1. The van der Waals surface area contributed by atoms with Crippen LogP contribution in [0.2, 0.25) is 0 Å². The first kappa shape index (κ1) is 18.0. The molecule has 0 radical (unpaired) electrons. The highest BCUT2D eigenvalue weighted by molar-refractivity contribution is 5.93. The molecule has 0 saturated heterocycles. The van der Waals surface area contributed by atoms with Crippen LogP contribution in [0.4, 0.5) is 11.4 Å². The minimum absolute atomic E-state index is 0.146. The van der Waals surface area contributed by atoms with Crippen molar-refractivity contribution in [3.8, 4) is 6.07 Å². The Labute approximate surface area is 146 Å². The van der Waals surface area contributed by atoms with Gasteiger partial charge in [0.15, 0.2) is 0 Å². The van der Waals surface area contributed by atoms with Crippen molar-refractivity contribution in [2.75, 3.05) is 23.8 Å². The Bertz CT molecular complexity index is 779. The molecule has 128 valence electrons. The molecule has 6 heteroatoms. The monoisotopic (exact) mass is 337 g/mol. The second kappa shape index (κ2) is 9.08. The average Bonchev–Trinajstić information content (AvgIpc) is 2.62. The van der Waals surface area contributed by atoms with E-state index in [2.05, 4.69) is 16.7 Å². The molecule has 0 aliphatic heterocycles. The number of benzene rings is 2. The molecule has 0 heterocycles. The first-order valence-corrected chi connectivity index (χ1v) is 7.93. The van der Waals surface area contributed by atoms with Gasteiger partial charge in [-0.1, -0.05) is 6.07 Å². The summed E-state index contributed by atoms with van der Waals surface area (Å²) in [6.45, 7) is 2.51. The molecule has 2 rings (SSSR count). The molecule has 25 heavy (non-hydrogen) atoms. The summed E-state index contributed by atoms with van der Waals surface area (Å²) >= 11 is 0. The summed E-state index contributed by atoms with van der Waals surface area (Å²) in [4.78, 5) is 23.5. The Balaban J connectivity index is 1.80. The van der Waals surface area contributed by atoms with E-state index in [4.69, 9.17) is 10.00 Å². The van der Waals surface area contributed by atoms with Crippen LogP contribution in [0, 0.1) is 11.3 Å². The van der Waals surface area contributed by atoms with Crippen molar-refractivity contribution in [3.05, 3.63) is 59.7 Å². The minimum Gasteiger partial charge on any atom is -0.462 e. The van der Waals surface area contributed by atoms with Crippen LogP contribution in [0.15, 0.2) is 48.5 Å². The summed E-state index contributed by atoms with van der Waals surface area (Å²) in [6.07, 6.45) is 0.274. The second-order valence-electron chi connectivity index (χ2n) is 5.22. The lowest BCUT2D eigenvalue weighted by Crippen LogP contribution is -2.16. The number of nitriles is 1. The van der Waals surface area contributed by atoms with Gasteiger partial charge in [0.1, 0.15) is 0 Å². The van der Waals surface area contributed by atoms with Crippen LogP contribution in [-0.2, 0) is 9.53 Å². The van der Waals surface area contributed by atoms with E-state index in [1.165, 1.54) is 0 Å². The topological polar surface area (TPSA) is 91.2 Å². The maximum atomic E-state index is 12.0. The van der Waals surface area contributed by atoms with Gasteiger partial charge in [-0.05, 0) is 49.4 Å².